The van der Waals surface area contributed by atoms with Gasteiger partial charge in [-0.15, -0.1) is 0 Å². The summed E-state index contributed by atoms with van der Waals surface area (Å²) >= 11 is 0. The minimum atomic E-state index is -3.06. The molecule has 2 heterocycles. The van der Waals surface area contributed by atoms with Crippen LogP contribution in [-0.4, -0.2) is 33.5 Å². The van der Waals surface area contributed by atoms with E-state index in [9.17, 15) is 18.0 Å². The molecule has 0 aliphatic heterocycles. The molecule has 6 N–H and O–H groups in total. The minimum Gasteiger partial charge on any atom is -0.365 e. The summed E-state index contributed by atoms with van der Waals surface area (Å²) in [7, 11) is 0. The Morgan fingerprint density at radius 2 is 2.06 bits per heavy atom. The van der Waals surface area contributed by atoms with Crippen LogP contribution in [0.15, 0.2) is 36.5 Å². The first kappa shape index (κ1) is 23.9. The van der Waals surface area contributed by atoms with Gasteiger partial charge in [0.25, 0.3) is 11.8 Å². The highest BCUT2D eigenvalue weighted by atomic mass is 19.3. The van der Waals surface area contributed by atoms with Gasteiger partial charge in [0.05, 0.1) is 17.1 Å². The lowest BCUT2D eigenvalue weighted by Crippen LogP contribution is -2.55. The number of primary amides is 1. The van der Waals surface area contributed by atoms with Crippen LogP contribution in [0.2, 0.25) is 0 Å². The largest absolute Gasteiger partial charge is 0.365 e. The van der Waals surface area contributed by atoms with Gasteiger partial charge in [-0.05, 0) is 43.0 Å². The van der Waals surface area contributed by atoms with Gasteiger partial charge in [0.15, 0.2) is 11.6 Å². The molecule has 2 aromatic heterocycles. The molecule has 10 heteroatoms. The maximum absolute atomic E-state index is 14.8. The molecule has 0 bridgehead atoms. The summed E-state index contributed by atoms with van der Waals surface area (Å²) in [6, 6.07) is 6.19. The van der Waals surface area contributed by atoms with Crippen molar-refractivity contribution in [3.63, 3.8) is 0 Å². The van der Waals surface area contributed by atoms with E-state index in [2.05, 4.69) is 34.0 Å². The van der Waals surface area contributed by atoms with Crippen LogP contribution in [0, 0.1) is 11.7 Å². The predicted octanol–water partition coefficient (Wildman–Crippen LogP) is 4.60. The summed E-state index contributed by atoms with van der Waals surface area (Å²) in [6.45, 7) is 5.07. The first-order valence-electron chi connectivity index (χ1n) is 11.3. The predicted molar refractivity (Wildman–Crippen MR) is 127 cm³/mol. The number of anilines is 3. The Kier molecular flexibility index (Phi) is 6.44. The van der Waals surface area contributed by atoms with E-state index in [0.717, 1.165) is 23.5 Å². The molecule has 1 aliphatic rings. The highest BCUT2D eigenvalue weighted by Crippen LogP contribution is 2.35. The lowest BCUT2D eigenvalue weighted by molar-refractivity contribution is -0.0555. The molecule has 0 radical (unpaired) electrons. The molecule has 2 atom stereocenters. The Balaban J connectivity index is 1.69. The molecular formula is C24H29F3N6O. The van der Waals surface area contributed by atoms with Gasteiger partial charge in [-0.25, -0.2) is 18.2 Å². The summed E-state index contributed by atoms with van der Waals surface area (Å²) in [5, 5.41) is 6.69. The quantitative estimate of drug-likeness (QED) is 0.400. The Bertz CT molecular complexity index is 1210. The van der Waals surface area contributed by atoms with E-state index in [1.54, 1.807) is 0 Å². The summed E-state index contributed by atoms with van der Waals surface area (Å²) in [6.07, 6.45) is 2.26. The molecule has 7 nitrogen and oxygen atoms in total. The molecule has 1 saturated carbocycles. The Hall–Kier alpha value is -3.27. The number of pyridine rings is 1. The number of halogens is 3. The molecule has 1 amide bonds. The van der Waals surface area contributed by atoms with Crippen molar-refractivity contribution in [1.29, 1.82) is 0 Å². The van der Waals surface area contributed by atoms with Crippen LogP contribution in [0.25, 0.3) is 10.9 Å². The summed E-state index contributed by atoms with van der Waals surface area (Å²) in [4.78, 5) is 16.2. The van der Waals surface area contributed by atoms with Crippen LogP contribution in [0.5, 0.6) is 0 Å². The van der Waals surface area contributed by atoms with Crippen molar-refractivity contribution in [2.75, 3.05) is 10.6 Å². The van der Waals surface area contributed by atoms with Crippen molar-refractivity contribution in [1.82, 2.24) is 9.55 Å². The maximum atomic E-state index is 14.8. The Morgan fingerprint density at radius 3 is 2.76 bits per heavy atom. The number of carbonyl (C=O) groups is 1. The number of aromatic nitrogens is 2. The number of carbonyl (C=O) groups excluding carboxylic acids is 1. The van der Waals surface area contributed by atoms with Crippen LogP contribution in [0.3, 0.4) is 0 Å². The standard InChI is InChI=1S/C24H29F3N6O/c1-13(2)12-33-10-8-14-17(5-3-7-19(14)33)30-22-15(21(29)34)11-16(25)23(32-22)31-18-6-4-9-24(26,27)20(18)28/h3,5,7-8,10-11,13,18,20H,4,6,9,12,28H2,1-2H3,(H2,29,34)(H2,30,31,32)/t18-,20-/m1/s1. The van der Waals surface area contributed by atoms with E-state index in [-0.39, 0.29) is 30.0 Å². The van der Waals surface area contributed by atoms with Gasteiger partial charge in [0.2, 0.25) is 0 Å². The van der Waals surface area contributed by atoms with E-state index in [0.29, 0.717) is 18.0 Å². The lowest BCUT2D eigenvalue weighted by Gasteiger charge is -2.36. The van der Waals surface area contributed by atoms with Crippen molar-refractivity contribution in [2.24, 2.45) is 17.4 Å². The van der Waals surface area contributed by atoms with Gasteiger partial charge >= 0.3 is 0 Å². The van der Waals surface area contributed by atoms with Crippen LogP contribution in [0.1, 0.15) is 43.5 Å². The van der Waals surface area contributed by atoms with Gasteiger partial charge < -0.3 is 26.7 Å². The first-order chi connectivity index (χ1) is 16.1. The van der Waals surface area contributed by atoms with E-state index in [1.165, 1.54) is 0 Å². The zero-order valence-corrected chi connectivity index (χ0v) is 19.1. The van der Waals surface area contributed by atoms with Gasteiger partial charge in [0, 0.05) is 36.3 Å². The molecule has 182 valence electrons. The number of rotatable bonds is 7. The van der Waals surface area contributed by atoms with E-state index >= 15 is 0 Å². The monoisotopic (exact) mass is 474 g/mol. The third-order valence-electron chi connectivity index (χ3n) is 6.14. The van der Waals surface area contributed by atoms with Gasteiger partial charge in [0.1, 0.15) is 5.82 Å². The number of nitrogens with two attached hydrogens (primary N) is 2. The second-order valence-corrected chi connectivity index (χ2v) is 9.23. The molecule has 1 aliphatic carbocycles. The normalized spacial score (nSPS) is 20.0. The molecule has 0 saturated heterocycles. The van der Waals surface area contributed by atoms with Crippen LogP contribution < -0.4 is 22.1 Å². The zero-order chi connectivity index (χ0) is 24.6. The topological polar surface area (TPSA) is 111 Å². The number of fused-ring (bicyclic) bond motifs is 1. The first-order valence-corrected chi connectivity index (χ1v) is 11.3. The van der Waals surface area contributed by atoms with E-state index in [1.807, 2.05) is 30.5 Å². The van der Waals surface area contributed by atoms with E-state index < -0.39 is 29.7 Å². The fourth-order valence-corrected chi connectivity index (χ4v) is 4.42. The average Bonchev–Trinajstić information content (AvgIpc) is 3.16. The van der Waals surface area contributed by atoms with Crippen LogP contribution in [0.4, 0.5) is 30.5 Å². The van der Waals surface area contributed by atoms with Crippen molar-refractivity contribution in [2.45, 2.75) is 57.7 Å². The minimum absolute atomic E-state index is 0.0247. The zero-order valence-electron chi connectivity index (χ0n) is 19.1. The smallest absolute Gasteiger partial charge is 0.264 e. The molecule has 1 fully saturated rings. The SMILES string of the molecule is CC(C)Cn1ccc2c(Nc3nc(N[C@@H]4CCCC(F)(F)[C@@H]4N)c(F)cc3C(N)=O)cccc21. The molecular weight excluding hydrogens is 445 g/mol. The van der Waals surface area contributed by atoms with Crippen molar-refractivity contribution >= 4 is 34.1 Å². The number of alkyl halides is 2. The highest BCUT2D eigenvalue weighted by Gasteiger charge is 2.45. The summed E-state index contributed by atoms with van der Waals surface area (Å²) in [5.74, 6) is -4.60. The summed E-state index contributed by atoms with van der Waals surface area (Å²) in [5.41, 5.74) is 12.7. The van der Waals surface area contributed by atoms with Crippen molar-refractivity contribution < 1.29 is 18.0 Å². The average molecular weight is 475 g/mol. The molecule has 4 rings (SSSR count). The number of amides is 1. The van der Waals surface area contributed by atoms with Crippen molar-refractivity contribution in [3.8, 4) is 0 Å². The highest BCUT2D eigenvalue weighted by molar-refractivity contribution is 6.01. The number of hydrogen-bond acceptors (Lipinski definition) is 5. The maximum Gasteiger partial charge on any atom is 0.264 e. The molecule has 0 unspecified atom stereocenters. The number of benzene rings is 1. The molecule has 0 spiro atoms. The number of nitrogens with one attached hydrogen (secondary N) is 2. The second kappa shape index (κ2) is 9.17. The van der Waals surface area contributed by atoms with Gasteiger partial charge in [-0.3, -0.25) is 4.79 Å². The van der Waals surface area contributed by atoms with Gasteiger partial charge in [-0.2, -0.15) is 0 Å². The Labute approximate surface area is 195 Å². The molecule has 3 aromatic rings. The number of nitrogens with zero attached hydrogens (tertiary/aromatic N) is 2. The second-order valence-electron chi connectivity index (χ2n) is 9.23. The third kappa shape index (κ3) is 4.68. The molecule has 1 aromatic carbocycles. The van der Waals surface area contributed by atoms with Crippen LogP contribution >= 0.6 is 0 Å². The van der Waals surface area contributed by atoms with E-state index in [4.69, 9.17) is 11.5 Å². The lowest BCUT2D eigenvalue weighted by atomic mass is 9.87. The van der Waals surface area contributed by atoms with Gasteiger partial charge in [-0.1, -0.05) is 19.9 Å². The van der Waals surface area contributed by atoms with Crippen molar-refractivity contribution in [3.05, 3.63) is 47.9 Å². The van der Waals surface area contributed by atoms with Crippen LogP contribution in [-0.2, 0) is 6.54 Å². The third-order valence-corrected chi connectivity index (χ3v) is 6.14. The fraction of sp³-hybridized carbons (Fsp3) is 0.417. The fourth-order valence-electron chi connectivity index (χ4n) is 4.42. The number of hydrogen-bond donors (Lipinski definition) is 4. The molecule has 34 heavy (non-hydrogen) atoms. The Morgan fingerprint density at radius 1 is 1.29 bits per heavy atom. The summed E-state index contributed by atoms with van der Waals surface area (Å²) < 4.78 is 45.0.